The molecule has 0 aliphatic rings. The van der Waals surface area contributed by atoms with Crippen LogP contribution in [0.2, 0.25) is 0 Å². The van der Waals surface area contributed by atoms with Crippen LogP contribution in [0.15, 0.2) is 22.4 Å². The SMILES string of the molecule is O=[N+]([O-])c1ccc2c(O)c(S)sc2c1. The normalized spacial score (nSPS) is 10.6. The molecule has 1 heterocycles. The highest BCUT2D eigenvalue weighted by Gasteiger charge is 2.12. The fraction of sp³-hybridized carbons (Fsp3) is 0. The lowest BCUT2D eigenvalue weighted by Gasteiger charge is -1.91. The van der Waals surface area contributed by atoms with Gasteiger partial charge in [0.15, 0.2) is 0 Å². The summed E-state index contributed by atoms with van der Waals surface area (Å²) in [7, 11) is 0. The Hall–Kier alpha value is -1.27. The van der Waals surface area contributed by atoms with Crippen molar-refractivity contribution in [3.63, 3.8) is 0 Å². The van der Waals surface area contributed by atoms with E-state index in [0.717, 1.165) is 0 Å². The number of hydrogen-bond donors (Lipinski definition) is 2. The lowest BCUT2D eigenvalue weighted by atomic mass is 10.2. The maximum absolute atomic E-state index is 10.5. The lowest BCUT2D eigenvalue weighted by molar-refractivity contribution is -0.384. The molecular weight excluding hydrogens is 222 g/mol. The van der Waals surface area contributed by atoms with Gasteiger partial charge in [-0.2, -0.15) is 0 Å². The molecule has 0 aliphatic heterocycles. The van der Waals surface area contributed by atoms with Gasteiger partial charge in [0, 0.05) is 22.2 Å². The maximum Gasteiger partial charge on any atom is 0.270 e. The van der Waals surface area contributed by atoms with Crippen molar-refractivity contribution < 1.29 is 10.0 Å². The number of nitrogens with zero attached hydrogens (tertiary/aromatic N) is 1. The topological polar surface area (TPSA) is 63.4 Å². The van der Waals surface area contributed by atoms with Crippen molar-refractivity contribution in [3.8, 4) is 5.75 Å². The zero-order valence-electron chi connectivity index (χ0n) is 6.80. The van der Waals surface area contributed by atoms with Gasteiger partial charge < -0.3 is 5.11 Å². The van der Waals surface area contributed by atoms with E-state index in [-0.39, 0.29) is 11.4 Å². The molecule has 1 N–H and O–H groups in total. The number of nitro groups is 1. The summed E-state index contributed by atoms with van der Waals surface area (Å²) >= 11 is 5.26. The number of benzene rings is 1. The Labute approximate surface area is 88.4 Å². The van der Waals surface area contributed by atoms with Gasteiger partial charge in [-0.05, 0) is 6.07 Å². The fourth-order valence-corrected chi connectivity index (χ4v) is 2.46. The van der Waals surface area contributed by atoms with Gasteiger partial charge in [0.25, 0.3) is 5.69 Å². The van der Waals surface area contributed by atoms with Gasteiger partial charge in [0.05, 0.1) is 9.13 Å². The number of nitro benzene ring substituents is 1. The third kappa shape index (κ3) is 1.32. The molecule has 0 aliphatic carbocycles. The molecule has 0 fully saturated rings. The van der Waals surface area contributed by atoms with Crippen molar-refractivity contribution in [1.82, 2.24) is 0 Å². The van der Waals surface area contributed by atoms with Gasteiger partial charge in [0.2, 0.25) is 0 Å². The van der Waals surface area contributed by atoms with Crippen molar-refractivity contribution in [2.45, 2.75) is 4.21 Å². The zero-order valence-corrected chi connectivity index (χ0v) is 8.51. The van der Waals surface area contributed by atoms with Crippen molar-refractivity contribution in [2.24, 2.45) is 0 Å². The number of rotatable bonds is 1. The van der Waals surface area contributed by atoms with E-state index in [2.05, 4.69) is 12.6 Å². The summed E-state index contributed by atoms with van der Waals surface area (Å²) in [6.45, 7) is 0. The molecular formula is C8H5NO3S2. The fourth-order valence-electron chi connectivity index (χ4n) is 1.17. The van der Waals surface area contributed by atoms with Crippen molar-refractivity contribution in [2.75, 3.05) is 0 Å². The predicted molar refractivity (Wildman–Crippen MR) is 57.4 cm³/mol. The second-order valence-corrected chi connectivity index (χ2v) is 4.50. The van der Waals surface area contributed by atoms with E-state index in [1.54, 1.807) is 0 Å². The third-order valence-corrected chi connectivity index (χ3v) is 3.27. The largest absolute Gasteiger partial charge is 0.505 e. The summed E-state index contributed by atoms with van der Waals surface area (Å²) in [4.78, 5) is 10.0. The minimum absolute atomic E-state index is 0.0204. The lowest BCUT2D eigenvalue weighted by Crippen LogP contribution is -1.85. The Morgan fingerprint density at radius 2 is 2.21 bits per heavy atom. The molecule has 1 aromatic heterocycles. The molecule has 0 saturated heterocycles. The Morgan fingerprint density at radius 3 is 2.86 bits per heavy atom. The van der Waals surface area contributed by atoms with Gasteiger partial charge in [-0.3, -0.25) is 10.1 Å². The Kier molecular flexibility index (Phi) is 2.09. The molecule has 2 rings (SSSR count). The summed E-state index contributed by atoms with van der Waals surface area (Å²) in [6, 6.07) is 4.32. The zero-order chi connectivity index (χ0) is 10.3. The second-order valence-electron chi connectivity index (χ2n) is 2.69. The van der Waals surface area contributed by atoms with Crippen LogP contribution in [-0.4, -0.2) is 10.0 Å². The quantitative estimate of drug-likeness (QED) is 0.447. The molecule has 14 heavy (non-hydrogen) atoms. The molecule has 4 nitrogen and oxygen atoms in total. The average molecular weight is 227 g/mol. The first-order chi connectivity index (χ1) is 6.59. The molecule has 0 saturated carbocycles. The Balaban J connectivity index is 2.73. The first-order valence-electron chi connectivity index (χ1n) is 3.68. The predicted octanol–water partition coefficient (Wildman–Crippen LogP) is 2.80. The summed E-state index contributed by atoms with van der Waals surface area (Å²) < 4.78 is 1.14. The van der Waals surface area contributed by atoms with Crippen LogP contribution in [0, 0.1) is 10.1 Å². The first kappa shape index (κ1) is 9.29. The molecule has 6 heteroatoms. The monoisotopic (exact) mass is 227 g/mol. The standard InChI is InChI=1S/C8H5NO3S2/c10-7-5-2-1-4(9(11)12)3-6(5)14-8(7)13/h1-3,10,13H. The molecule has 0 spiro atoms. The minimum atomic E-state index is -0.464. The molecule has 0 bridgehead atoms. The first-order valence-corrected chi connectivity index (χ1v) is 4.95. The number of hydrogen-bond acceptors (Lipinski definition) is 5. The number of aromatic hydroxyl groups is 1. The van der Waals surface area contributed by atoms with Gasteiger partial charge in [-0.25, -0.2) is 0 Å². The van der Waals surface area contributed by atoms with Gasteiger partial charge in [-0.15, -0.1) is 24.0 Å². The van der Waals surface area contributed by atoms with E-state index >= 15 is 0 Å². The number of non-ortho nitro benzene ring substituents is 1. The summed E-state index contributed by atoms with van der Waals surface area (Å²) in [5.41, 5.74) is 0.0204. The highest BCUT2D eigenvalue weighted by atomic mass is 32.2. The smallest absolute Gasteiger partial charge is 0.270 e. The summed E-state index contributed by atoms with van der Waals surface area (Å²) in [6.07, 6.45) is 0. The summed E-state index contributed by atoms with van der Waals surface area (Å²) in [5.74, 6) is 0.0863. The van der Waals surface area contributed by atoms with E-state index in [4.69, 9.17) is 0 Å². The molecule has 0 amide bonds. The van der Waals surface area contributed by atoms with E-state index in [9.17, 15) is 15.2 Å². The van der Waals surface area contributed by atoms with Crippen LogP contribution in [0.25, 0.3) is 10.1 Å². The van der Waals surface area contributed by atoms with Crippen LogP contribution < -0.4 is 0 Å². The van der Waals surface area contributed by atoms with Crippen molar-refractivity contribution >= 4 is 39.7 Å². The summed E-state index contributed by atoms with van der Waals surface area (Å²) in [5, 5.41) is 20.6. The Bertz CT molecular complexity index is 521. The third-order valence-electron chi connectivity index (χ3n) is 1.84. The van der Waals surface area contributed by atoms with Gasteiger partial charge >= 0.3 is 0 Å². The highest BCUT2D eigenvalue weighted by molar-refractivity contribution is 7.83. The van der Waals surface area contributed by atoms with E-state index in [1.807, 2.05) is 0 Å². The number of thiol groups is 1. The van der Waals surface area contributed by atoms with Crippen LogP contribution >= 0.6 is 24.0 Å². The van der Waals surface area contributed by atoms with Crippen LogP contribution in [-0.2, 0) is 0 Å². The van der Waals surface area contributed by atoms with Crippen molar-refractivity contribution in [1.29, 1.82) is 0 Å². The van der Waals surface area contributed by atoms with Gasteiger partial charge in [0.1, 0.15) is 5.75 Å². The van der Waals surface area contributed by atoms with E-state index in [1.165, 1.54) is 29.5 Å². The van der Waals surface area contributed by atoms with E-state index < -0.39 is 4.92 Å². The molecule has 2 aromatic rings. The van der Waals surface area contributed by atoms with E-state index in [0.29, 0.717) is 14.3 Å². The molecule has 0 radical (unpaired) electrons. The minimum Gasteiger partial charge on any atom is -0.505 e. The Morgan fingerprint density at radius 1 is 1.50 bits per heavy atom. The van der Waals surface area contributed by atoms with Crippen LogP contribution in [0.5, 0.6) is 5.75 Å². The van der Waals surface area contributed by atoms with Crippen molar-refractivity contribution in [3.05, 3.63) is 28.3 Å². The maximum atomic E-state index is 10.5. The van der Waals surface area contributed by atoms with Crippen LogP contribution in [0.1, 0.15) is 0 Å². The molecule has 72 valence electrons. The average Bonchev–Trinajstić information content (AvgIpc) is 2.42. The molecule has 0 atom stereocenters. The number of fused-ring (bicyclic) bond motifs is 1. The van der Waals surface area contributed by atoms with Crippen LogP contribution in [0.3, 0.4) is 0 Å². The molecule has 0 unspecified atom stereocenters. The van der Waals surface area contributed by atoms with Crippen LogP contribution in [0.4, 0.5) is 5.69 Å². The molecule has 1 aromatic carbocycles. The van der Waals surface area contributed by atoms with Gasteiger partial charge in [-0.1, -0.05) is 0 Å². The second kappa shape index (κ2) is 3.14. The number of thiophene rings is 1. The highest BCUT2D eigenvalue weighted by Crippen LogP contribution is 2.40.